The molecule has 0 radical (unpaired) electrons. The van der Waals surface area contributed by atoms with Gasteiger partial charge in [-0.1, -0.05) is 12.1 Å². The maximum absolute atomic E-state index is 9.73. The minimum absolute atomic E-state index is 0.513. The lowest BCUT2D eigenvalue weighted by Crippen LogP contribution is -2.05. The van der Waals surface area contributed by atoms with Crippen LogP contribution in [0.2, 0.25) is 0 Å². The lowest BCUT2D eigenvalue weighted by Gasteiger charge is -2.14. The number of aliphatic hydroxyl groups is 1. The van der Waals surface area contributed by atoms with Gasteiger partial charge in [-0.15, -0.1) is 11.3 Å². The summed E-state index contributed by atoms with van der Waals surface area (Å²) in [6.07, 6.45) is 0.338. The molecule has 1 aromatic heterocycles. The van der Waals surface area contributed by atoms with Gasteiger partial charge in [-0.25, -0.2) is 4.98 Å². The minimum Gasteiger partial charge on any atom is -0.493 e. The van der Waals surface area contributed by atoms with Gasteiger partial charge in [0, 0.05) is 16.9 Å². The maximum Gasteiger partial charge on any atom is 0.125 e. The summed E-state index contributed by atoms with van der Waals surface area (Å²) in [5.41, 5.74) is 4.91. The van der Waals surface area contributed by atoms with E-state index in [4.69, 9.17) is 4.74 Å². The first-order chi connectivity index (χ1) is 9.08. The SMILES string of the molecule is Cc1ccc(C(C)O)c(OCCc2scnc2C)c1. The van der Waals surface area contributed by atoms with Crippen LogP contribution in [0.15, 0.2) is 23.7 Å². The summed E-state index contributed by atoms with van der Waals surface area (Å²) in [5, 5.41) is 9.73. The monoisotopic (exact) mass is 277 g/mol. The van der Waals surface area contributed by atoms with Crippen LogP contribution in [0.25, 0.3) is 0 Å². The minimum atomic E-state index is -0.513. The highest BCUT2D eigenvalue weighted by Crippen LogP contribution is 2.26. The molecule has 0 aliphatic heterocycles. The molecule has 102 valence electrons. The summed E-state index contributed by atoms with van der Waals surface area (Å²) in [4.78, 5) is 5.48. The highest BCUT2D eigenvalue weighted by Gasteiger charge is 2.10. The van der Waals surface area contributed by atoms with Crippen molar-refractivity contribution in [2.45, 2.75) is 33.3 Å². The van der Waals surface area contributed by atoms with E-state index < -0.39 is 6.10 Å². The number of hydrogen-bond acceptors (Lipinski definition) is 4. The molecule has 0 aliphatic carbocycles. The van der Waals surface area contributed by atoms with Crippen LogP contribution in [-0.4, -0.2) is 16.7 Å². The van der Waals surface area contributed by atoms with Crippen LogP contribution in [0.4, 0.5) is 0 Å². The first-order valence-electron chi connectivity index (χ1n) is 6.38. The molecular formula is C15H19NO2S. The molecule has 1 aromatic carbocycles. The number of thiazole rings is 1. The van der Waals surface area contributed by atoms with E-state index >= 15 is 0 Å². The highest BCUT2D eigenvalue weighted by atomic mass is 32.1. The van der Waals surface area contributed by atoms with Crippen molar-refractivity contribution in [1.29, 1.82) is 0 Å². The summed E-state index contributed by atoms with van der Waals surface area (Å²) in [7, 11) is 0. The zero-order valence-corrected chi connectivity index (χ0v) is 12.3. The van der Waals surface area contributed by atoms with E-state index in [0.717, 1.165) is 29.0 Å². The van der Waals surface area contributed by atoms with Crippen LogP contribution < -0.4 is 4.74 Å². The van der Waals surface area contributed by atoms with Gasteiger partial charge in [-0.05, 0) is 32.4 Å². The third-order valence-electron chi connectivity index (χ3n) is 3.05. The zero-order valence-electron chi connectivity index (χ0n) is 11.5. The lowest BCUT2D eigenvalue weighted by molar-refractivity contribution is 0.191. The van der Waals surface area contributed by atoms with Crippen LogP contribution in [0, 0.1) is 13.8 Å². The average molecular weight is 277 g/mol. The number of aliphatic hydroxyl groups excluding tert-OH is 1. The van der Waals surface area contributed by atoms with Gasteiger partial charge in [-0.3, -0.25) is 0 Å². The Labute approximate surface area is 117 Å². The van der Waals surface area contributed by atoms with Crippen molar-refractivity contribution in [3.8, 4) is 5.75 Å². The highest BCUT2D eigenvalue weighted by molar-refractivity contribution is 7.09. The molecule has 1 N–H and O–H groups in total. The molecule has 0 aliphatic rings. The van der Waals surface area contributed by atoms with Crippen molar-refractivity contribution >= 4 is 11.3 Å². The van der Waals surface area contributed by atoms with E-state index in [0.29, 0.717) is 6.61 Å². The maximum atomic E-state index is 9.73. The molecule has 0 amide bonds. The van der Waals surface area contributed by atoms with Crippen molar-refractivity contribution < 1.29 is 9.84 Å². The largest absolute Gasteiger partial charge is 0.493 e. The number of aryl methyl sites for hydroxylation is 2. The molecule has 3 nitrogen and oxygen atoms in total. The molecule has 0 fully saturated rings. The third-order valence-corrected chi connectivity index (χ3v) is 4.05. The third kappa shape index (κ3) is 3.55. The van der Waals surface area contributed by atoms with Crippen molar-refractivity contribution in [1.82, 2.24) is 4.98 Å². The van der Waals surface area contributed by atoms with Crippen molar-refractivity contribution in [2.75, 3.05) is 6.61 Å². The molecule has 0 saturated heterocycles. The first-order valence-corrected chi connectivity index (χ1v) is 7.26. The second-order valence-electron chi connectivity index (χ2n) is 4.68. The first kappa shape index (κ1) is 14.0. The van der Waals surface area contributed by atoms with E-state index in [1.807, 2.05) is 37.6 Å². The fourth-order valence-corrected chi connectivity index (χ4v) is 2.69. The quantitative estimate of drug-likeness (QED) is 0.910. The van der Waals surface area contributed by atoms with Gasteiger partial charge in [0.05, 0.1) is 23.9 Å². The molecule has 4 heteroatoms. The average Bonchev–Trinajstić information content (AvgIpc) is 2.75. The number of rotatable bonds is 5. The standard InChI is InChI=1S/C15H19NO2S/c1-10-4-5-13(12(3)17)14(8-10)18-7-6-15-11(2)16-9-19-15/h4-5,8-9,12,17H,6-7H2,1-3H3. The Kier molecular flexibility index (Phi) is 4.56. The van der Waals surface area contributed by atoms with Gasteiger partial charge in [0.1, 0.15) is 5.75 Å². The van der Waals surface area contributed by atoms with Gasteiger partial charge < -0.3 is 9.84 Å². The summed E-state index contributed by atoms with van der Waals surface area (Å²) in [5.74, 6) is 0.775. The fourth-order valence-electron chi connectivity index (χ4n) is 1.93. The Bertz CT molecular complexity index is 549. The Balaban J connectivity index is 2.03. The number of nitrogens with zero attached hydrogens (tertiary/aromatic N) is 1. The number of ether oxygens (including phenoxy) is 1. The molecule has 1 atom stereocenters. The zero-order chi connectivity index (χ0) is 13.8. The summed E-state index contributed by atoms with van der Waals surface area (Å²) in [6.45, 7) is 6.39. The van der Waals surface area contributed by atoms with Gasteiger partial charge in [-0.2, -0.15) is 0 Å². The second-order valence-corrected chi connectivity index (χ2v) is 5.62. The topological polar surface area (TPSA) is 42.4 Å². The summed E-state index contributed by atoms with van der Waals surface area (Å²) >= 11 is 1.66. The molecule has 19 heavy (non-hydrogen) atoms. The van der Waals surface area contributed by atoms with Crippen molar-refractivity contribution in [2.24, 2.45) is 0 Å². The van der Waals surface area contributed by atoms with Gasteiger partial charge in [0.25, 0.3) is 0 Å². The number of benzene rings is 1. The van der Waals surface area contributed by atoms with E-state index in [1.165, 1.54) is 4.88 Å². The number of hydrogen-bond donors (Lipinski definition) is 1. The van der Waals surface area contributed by atoms with Gasteiger partial charge in [0.2, 0.25) is 0 Å². The second kappa shape index (κ2) is 6.17. The van der Waals surface area contributed by atoms with Crippen LogP contribution >= 0.6 is 11.3 Å². The van der Waals surface area contributed by atoms with E-state index in [9.17, 15) is 5.11 Å². The molecule has 2 aromatic rings. The molecule has 2 rings (SSSR count). The van der Waals surface area contributed by atoms with Crippen LogP contribution in [-0.2, 0) is 6.42 Å². The Hall–Kier alpha value is -1.39. The Morgan fingerprint density at radius 2 is 2.16 bits per heavy atom. The van der Waals surface area contributed by atoms with Crippen molar-refractivity contribution in [3.63, 3.8) is 0 Å². The Morgan fingerprint density at radius 3 is 2.79 bits per heavy atom. The molecular weight excluding hydrogens is 258 g/mol. The van der Waals surface area contributed by atoms with E-state index in [2.05, 4.69) is 4.98 Å². The van der Waals surface area contributed by atoms with Gasteiger partial charge in [0.15, 0.2) is 0 Å². The van der Waals surface area contributed by atoms with Gasteiger partial charge >= 0.3 is 0 Å². The molecule has 1 unspecified atom stereocenters. The molecule has 0 spiro atoms. The normalized spacial score (nSPS) is 12.4. The molecule has 1 heterocycles. The fraction of sp³-hybridized carbons (Fsp3) is 0.400. The van der Waals surface area contributed by atoms with Crippen LogP contribution in [0.3, 0.4) is 0 Å². The Morgan fingerprint density at radius 1 is 1.37 bits per heavy atom. The van der Waals surface area contributed by atoms with Crippen molar-refractivity contribution in [3.05, 3.63) is 45.4 Å². The molecule has 0 saturated carbocycles. The van der Waals surface area contributed by atoms with E-state index in [1.54, 1.807) is 18.3 Å². The summed E-state index contributed by atoms with van der Waals surface area (Å²) < 4.78 is 5.83. The lowest BCUT2D eigenvalue weighted by atomic mass is 10.1. The summed E-state index contributed by atoms with van der Waals surface area (Å²) in [6, 6.07) is 5.89. The number of aromatic nitrogens is 1. The van der Waals surface area contributed by atoms with Crippen LogP contribution in [0.5, 0.6) is 5.75 Å². The predicted molar refractivity (Wildman–Crippen MR) is 77.9 cm³/mol. The smallest absolute Gasteiger partial charge is 0.125 e. The molecule has 0 bridgehead atoms. The van der Waals surface area contributed by atoms with E-state index in [-0.39, 0.29) is 0 Å². The predicted octanol–water partition coefficient (Wildman–Crippen LogP) is 3.43. The van der Waals surface area contributed by atoms with Crippen LogP contribution in [0.1, 0.15) is 34.7 Å².